The van der Waals surface area contributed by atoms with Gasteiger partial charge in [0.05, 0.1) is 0 Å². The van der Waals surface area contributed by atoms with E-state index in [-0.39, 0.29) is 12.3 Å². The lowest BCUT2D eigenvalue weighted by Gasteiger charge is -2.35. The molecule has 218 valence electrons. The Bertz CT molecular complexity index is 1340. The number of allylic oxidation sites excluding steroid dienone is 1. The van der Waals surface area contributed by atoms with E-state index in [9.17, 15) is 19.2 Å². The minimum atomic E-state index is -0.960. The second-order valence-electron chi connectivity index (χ2n) is 12.4. The summed E-state index contributed by atoms with van der Waals surface area (Å²) in [7, 11) is 0. The SMILES string of the molecule is C=C(C)[C@H](C)[C@@H](C(=O)N1C(=O)OC(C)(C)[C@@H]1c1ccccc1)[C@@H](C)CC(=O)N1C(=O)OC(C)(C)[C@@H]1c1ccccc1. The summed E-state index contributed by atoms with van der Waals surface area (Å²) in [6, 6.07) is 17.3. The molecule has 41 heavy (non-hydrogen) atoms. The Balaban J connectivity index is 1.66. The first-order valence-electron chi connectivity index (χ1n) is 14.0. The van der Waals surface area contributed by atoms with Gasteiger partial charge in [0.25, 0.3) is 0 Å². The van der Waals surface area contributed by atoms with E-state index < -0.39 is 59.1 Å². The fourth-order valence-electron chi connectivity index (χ4n) is 6.25. The quantitative estimate of drug-likeness (QED) is 0.328. The van der Waals surface area contributed by atoms with Crippen molar-refractivity contribution >= 4 is 24.0 Å². The van der Waals surface area contributed by atoms with Crippen LogP contribution in [0.5, 0.6) is 0 Å². The summed E-state index contributed by atoms with van der Waals surface area (Å²) < 4.78 is 11.3. The normalized spacial score (nSPS) is 23.4. The zero-order valence-corrected chi connectivity index (χ0v) is 24.9. The molecule has 2 heterocycles. The molecule has 0 bridgehead atoms. The number of amides is 4. The summed E-state index contributed by atoms with van der Waals surface area (Å²) in [5, 5.41) is 0. The van der Waals surface area contributed by atoms with Crippen molar-refractivity contribution in [2.45, 2.75) is 78.2 Å². The maximum atomic E-state index is 14.3. The van der Waals surface area contributed by atoms with E-state index >= 15 is 0 Å². The number of rotatable bonds is 8. The number of cyclic esters (lactones) is 2. The molecule has 0 spiro atoms. The van der Waals surface area contributed by atoms with E-state index in [0.717, 1.165) is 16.7 Å². The molecule has 8 nitrogen and oxygen atoms in total. The van der Waals surface area contributed by atoms with Gasteiger partial charge in [-0.2, -0.15) is 0 Å². The van der Waals surface area contributed by atoms with Crippen LogP contribution < -0.4 is 0 Å². The highest BCUT2D eigenvalue weighted by molar-refractivity contribution is 5.97. The van der Waals surface area contributed by atoms with E-state index in [0.29, 0.717) is 0 Å². The summed E-state index contributed by atoms with van der Waals surface area (Å²) in [5.41, 5.74) is 0.396. The molecule has 5 atom stereocenters. The van der Waals surface area contributed by atoms with Crippen molar-refractivity contribution < 1.29 is 28.7 Å². The Kier molecular flexibility index (Phi) is 8.16. The van der Waals surface area contributed by atoms with E-state index in [4.69, 9.17) is 9.47 Å². The molecule has 0 aromatic heterocycles. The first-order chi connectivity index (χ1) is 19.2. The van der Waals surface area contributed by atoms with E-state index in [1.807, 2.05) is 74.5 Å². The highest BCUT2D eigenvalue weighted by atomic mass is 16.6. The van der Waals surface area contributed by atoms with Crippen molar-refractivity contribution in [2.24, 2.45) is 17.8 Å². The van der Waals surface area contributed by atoms with Crippen LogP contribution in [0.1, 0.15) is 78.1 Å². The number of nitrogens with zero attached hydrogens (tertiary/aromatic N) is 2. The fourth-order valence-corrected chi connectivity index (χ4v) is 6.25. The molecule has 8 heteroatoms. The maximum absolute atomic E-state index is 14.3. The van der Waals surface area contributed by atoms with Gasteiger partial charge < -0.3 is 9.47 Å². The minimum absolute atomic E-state index is 0.106. The largest absolute Gasteiger partial charge is 0.440 e. The molecule has 0 radical (unpaired) electrons. The zero-order chi connectivity index (χ0) is 30.3. The lowest BCUT2D eigenvalue weighted by Crippen LogP contribution is -2.46. The van der Waals surface area contributed by atoms with Crippen molar-refractivity contribution in [3.8, 4) is 0 Å². The number of benzene rings is 2. The molecule has 0 N–H and O–H groups in total. The Labute approximate surface area is 242 Å². The van der Waals surface area contributed by atoms with Gasteiger partial charge in [0.15, 0.2) is 0 Å². The number of hydrogen-bond acceptors (Lipinski definition) is 6. The minimum Gasteiger partial charge on any atom is -0.440 e. The van der Waals surface area contributed by atoms with Crippen molar-refractivity contribution in [3.05, 3.63) is 83.9 Å². The van der Waals surface area contributed by atoms with Crippen LogP contribution in [0.4, 0.5) is 9.59 Å². The number of hydrogen-bond donors (Lipinski definition) is 0. The summed E-state index contributed by atoms with van der Waals surface area (Å²) in [5.74, 6) is -2.55. The van der Waals surface area contributed by atoms with Crippen LogP contribution in [0.25, 0.3) is 0 Å². The van der Waals surface area contributed by atoms with Crippen molar-refractivity contribution in [1.29, 1.82) is 0 Å². The highest BCUT2D eigenvalue weighted by Gasteiger charge is 2.55. The Morgan fingerprint density at radius 1 is 0.805 bits per heavy atom. The van der Waals surface area contributed by atoms with Gasteiger partial charge in [-0.3, -0.25) is 9.59 Å². The van der Waals surface area contributed by atoms with Crippen LogP contribution in [0.2, 0.25) is 0 Å². The van der Waals surface area contributed by atoms with Crippen molar-refractivity contribution in [1.82, 2.24) is 9.80 Å². The topological polar surface area (TPSA) is 93.2 Å². The zero-order valence-electron chi connectivity index (χ0n) is 24.9. The molecule has 0 saturated carbocycles. The van der Waals surface area contributed by atoms with Crippen molar-refractivity contribution in [2.75, 3.05) is 0 Å². The molecular weight excluding hydrogens is 520 g/mol. The van der Waals surface area contributed by atoms with Gasteiger partial charge in [-0.1, -0.05) is 86.7 Å². The van der Waals surface area contributed by atoms with Crippen LogP contribution in [-0.2, 0) is 19.1 Å². The number of imide groups is 2. The van der Waals surface area contributed by atoms with Crippen LogP contribution in [0.15, 0.2) is 72.8 Å². The molecule has 2 saturated heterocycles. The van der Waals surface area contributed by atoms with Gasteiger partial charge in [-0.05, 0) is 57.6 Å². The fraction of sp³-hybridized carbons (Fsp3) is 0.455. The second kappa shape index (κ2) is 11.1. The molecule has 2 aliphatic rings. The summed E-state index contributed by atoms with van der Waals surface area (Å²) in [6.45, 7) is 16.7. The van der Waals surface area contributed by atoms with Gasteiger partial charge in [-0.15, -0.1) is 0 Å². The third kappa shape index (κ3) is 5.65. The molecule has 4 amide bonds. The molecule has 0 aliphatic carbocycles. The molecular formula is C33H40N2O6. The monoisotopic (exact) mass is 560 g/mol. The molecule has 4 rings (SSSR count). The van der Waals surface area contributed by atoms with Crippen LogP contribution in [0.3, 0.4) is 0 Å². The smallest absolute Gasteiger partial charge is 0.417 e. The molecule has 2 aliphatic heterocycles. The van der Waals surface area contributed by atoms with Gasteiger partial charge in [0.1, 0.15) is 23.3 Å². The second-order valence-corrected chi connectivity index (χ2v) is 12.4. The summed E-state index contributed by atoms with van der Waals surface area (Å²) in [4.78, 5) is 56.7. The highest BCUT2D eigenvalue weighted by Crippen LogP contribution is 2.45. The van der Waals surface area contributed by atoms with E-state index in [1.165, 1.54) is 9.80 Å². The number of carbonyl (C=O) groups excluding carboxylic acids is 4. The number of ether oxygens (including phenoxy) is 2. The van der Waals surface area contributed by atoms with Crippen LogP contribution in [-0.4, -0.2) is 45.0 Å². The lowest BCUT2D eigenvalue weighted by molar-refractivity contribution is -0.138. The van der Waals surface area contributed by atoms with Gasteiger partial charge in [0, 0.05) is 12.3 Å². The molecule has 2 aromatic rings. The lowest BCUT2D eigenvalue weighted by atomic mass is 9.77. The first kappa shape index (κ1) is 30.0. The molecule has 2 fully saturated rings. The van der Waals surface area contributed by atoms with E-state index in [2.05, 4.69) is 6.58 Å². The average molecular weight is 561 g/mol. The number of carbonyl (C=O) groups is 4. The predicted octanol–water partition coefficient (Wildman–Crippen LogP) is 6.84. The van der Waals surface area contributed by atoms with Gasteiger partial charge in [0.2, 0.25) is 11.8 Å². The van der Waals surface area contributed by atoms with Crippen LogP contribution >= 0.6 is 0 Å². The van der Waals surface area contributed by atoms with Crippen molar-refractivity contribution in [3.63, 3.8) is 0 Å². The maximum Gasteiger partial charge on any atom is 0.417 e. The summed E-state index contributed by atoms with van der Waals surface area (Å²) >= 11 is 0. The van der Waals surface area contributed by atoms with Gasteiger partial charge in [-0.25, -0.2) is 19.4 Å². The Morgan fingerprint density at radius 2 is 1.22 bits per heavy atom. The van der Waals surface area contributed by atoms with Crippen LogP contribution in [0, 0.1) is 17.8 Å². The van der Waals surface area contributed by atoms with E-state index in [1.54, 1.807) is 34.6 Å². The third-order valence-electron chi connectivity index (χ3n) is 8.38. The summed E-state index contributed by atoms with van der Waals surface area (Å²) in [6.07, 6.45) is -1.55. The third-order valence-corrected chi connectivity index (χ3v) is 8.38. The average Bonchev–Trinajstić information content (AvgIpc) is 3.30. The van der Waals surface area contributed by atoms with Gasteiger partial charge >= 0.3 is 12.2 Å². The predicted molar refractivity (Wildman–Crippen MR) is 154 cm³/mol. The molecule has 2 aromatic carbocycles. The first-order valence-corrected chi connectivity index (χ1v) is 14.0. The molecule has 0 unspecified atom stereocenters. The Morgan fingerprint density at radius 3 is 1.66 bits per heavy atom. The standard InChI is InChI=1S/C33H40N2O6/c1-20(2)22(4)26(29(37)35-28(24-17-13-10-14-18-24)33(7,8)41-31(35)39)21(3)19-25(36)34-27(23-15-11-9-12-16-23)32(5,6)40-30(34)38/h9-18,21-22,26-28H,1,19H2,2-8H3/t21-,22-,26-,27-,28-/m0/s1. The Hall–Kier alpha value is -3.94.